The Balaban J connectivity index is 1.71. The zero-order valence-corrected chi connectivity index (χ0v) is 24.8. The van der Waals surface area contributed by atoms with Gasteiger partial charge in [-0.3, -0.25) is 0 Å². The number of sulfonamides is 1. The lowest BCUT2D eigenvalue weighted by molar-refractivity contribution is 0.265. The highest BCUT2D eigenvalue weighted by molar-refractivity contribution is 7.92. The number of nitrogens with zero attached hydrogens (tertiary/aromatic N) is 7. The third kappa shape index (κ3) is 10.2. The Bertz CT molecular complexity index is 1740. The van der Waals surface area contributed by atoms with Gasteiger partial charge in [0.05, 0.1) is 18.8 Å². The quantitative estimate of drug-likeness (QED) is 0.0569. The van der Waals surface area contributed by atoms with Gasteiger partial charge in [0.2, 0.25) is 0 Å². The van der Waals surface area contributed by atoms with Crippen LogP contribution < -0.4 is 18.7 Å². The number of azide groups is 2. The summed E-state index contributed by atoms with van der Waals surface area (Å²) >= 11 is 0.889. The lowest BCUT2D eigenvalue weighted by atomic mass is 10.1. The smallest absolute Gasteiger partial charge is 0.391 e. The number of ether oxygens (including phenoxy) is 2. The van der Waals surface area contributed by atoms with Crippen molar-refractivity contribution < 1.29 is 36.3 Å². The fourth-order valence-electron chi connectivity index (χ4n) is 3.32. The Labute approximate surface area is 249 Å². The van der Waals surface area contributed by atoms with E-state index in [0.717, 1.165) is 29.5 Å². The Kier molecular flexibility index (Phi) is 12.2. The van der Waals surface area contributed by atoms with Crippen LogP contribution in [0.4, 0.5) is 4.39 Å². The van der Waals surface area contributed by atoms with Gasteiger partial charge < -0.3 is 18.9 Å². The molecule has 3 rings (SSSR count). The van der Waals surface area contributed by atoms with E-state index >= 15 is 0 Å². The van der Waals surface area contributed by atoms with E-state index in [9.17, 15) is 22.3 Å². The zero-order valence-electron chi connectivity index (χ0n) is 22.2. The highest BCUT2D eigenvalue weighted by atomic mass is 32.2. The molecule has 0 saturated carbocycles. The molecular formula is C24H24FN8O7PS2. The lowest BCUT2D eigenvalue weighted by Crippen LogP contribution is -2.25. The van der Waals surface area contributed by atoms with Gasteiger partial charge in [-0.2, -0.15) is 9.98 Å². The normalized spacial score (nSPS) is 12.2. The monoisotopic (exact) mass is 650 g/mol. The molecule has 0 spiro atoms. The van der Waals surface area contributed by atoms with Crippen molar-refractivity contribution >= 4 is 29.0 Å². The highest BCUT2D eigenvalue weighted by Crippen LogP contribution is 2.42. The molecule has 1 heterocycles. The van der Waals surface area contributed by atoms with Crippen molar-refractivity contribution in [3.8, 4) is 33.8 Å². The van der Waals surface area contributed by atoms with Crippen molar-refractivity contribution in [2.45, 2.75) is 17.1 Å². The van der Waals surface area contributed by atoms with E-state index in [1.807, 2.05) is 4.72 Å². The summed E-state index contributed by atoms with van der Waals surface area (Å²) in [4.78, 5) is 16.0. The van der Waals surface area contributed by atoms with Gasteiger partial charge in [0.1, 0.15) is 28.1 Å². The lowest BCUT2D eigenvalue weighted by Gasteiger charge is -2.14. The van der Waals surface area contributed by atoms with Gasteiger partial charge in [0.15, 0.2) is 11.5 Å². The SMILES string of the molecule is N#Cc1ccc(OP(=O)(O)CNS(=O)(=O)c2ccc(-c3ccc(OCCCN=[N+]=[N-])c(OCCCN=[N+]=[N-])c3)s2)cc1F. The summed E-state index contributed by atoms with van der Waals surface area (Å²) in [5, 5.41) is 15.7. The molecule has 0 fully saturated rings. The molecule has 1 unspecified atom stereocenters. The average Bonchev–Trinajstić information content (AvgIpc) is 3.48. The maximum Gasteiger partial charge on any atom is 0.391 e. The Morgan fingerprint density at radius 3 is 2.33 bits per heavy atom. The Hall–Kier alpha value is -4.32. The molecule has 3 aromatic rings. The van der Waals surface area contributed by atoms with Gasteiger partial charge in [0.25, 0.3) is 10.0 Å². The standard InChI is InChI=1S/C24H24FN8O7PS2/c25-20-14-19(5-3-18(20)15-26)40-41(34,35)16-31-43(36,37)24-8-7-23(42-24)17-4-6-21(38-11-1-9-29-32-27)22(13-17)39-12-2-10-30-33-28/h3-8,13-14,31H,1-2,9-12,16H2,(H,34,35). The van der Waals surface area contributed by atoms with Crippen molar-refractivity contribution in [1.82, 2.24) is 4.72 Å². The summed E-state index contributed by atoms with van der Waals surface area (Å²) in [6.45, 7) is 0.945. The number of nitriles is 1. The molecular weight excluding hydrogens is 626 g/mol. The van der Waals surface area contributed by atoms with Crippen LogP contribution in [-0.4, -0.2) is 45.9 Å². The number of nitrogens with one attached hydrogen (secondary N) is 1. The van der Waals surface area contributed by atoms with Crippen LogP contribution >= 0.6 is 18.9 Å². The molecule has 15 nitrogen and oxygen atoms in total. The predicted molar refractivity (Wildman–Crippen MR) is 155 cm³/mol. The van der Waals surface area contributed by atoms with E-state index < -0.39 is 29.7 Å². The molecule has 1 atom stereocenters. The van der Waals surface area contributed by atoms with Crippen LogP contribution in [-0.2, 0) is 14.6 Å². The zero-order chi connectivity index (χ0) is 31.3. The summed E-state index contributed by atoms with van der Waals surface area (Å²) < 4.78 is 70.3. The molecule has 0 radical (unpaired) electrons. The maximum atomic E-state index is 13.8. The Morgan fingerprint density at radius 1 is 1.02 bits per heavy atom. The van der Waals surface area contributed by atoms with Crippen molar-refractivity contribution in [3.05, 3.63) is 80.8 Å². The predicted octanol–water partition coefficient (Wildman–Crippen LogP) is 6.08. The molecule has 0 aliphatic carbocycles. The van der Waals surface area contributed by atoms with Crippen LogP contribution in [0.5, 0.6) is 17.2 Å². The number of hydrogen-bond donors (Lipinski definition) is 2. The Morgan fingerprint density at radius 2 is 1.70 bits per heavy atom. The van der Waals surface area contributed by atoms with E-state index in [-0.39, 0.29) is 41.8 Å². The van der Waals surface area contributed by atoms with Crippen molar-refractivity contribution in [3.63, 3.8) is 0 Å². The van der Waals surface area contributed by atoms with Crippen LogP contribution in [0.1, 0.15) is 18.4 Å². The topological polar surface area (TPSA) is 232 Å². The van der Waals surface area contributed by atoms with E-state index in [1.54, 1.807) is 30.3 Å². The summed E-state index contributed by atoms with van der Waals surface area (Å²) in [6, 6.07) is 12.4. The second-order valence-electron chi connectivity index (χ2n) is 8.38. The number of thiophene rings is 1. The van der Waals surface area contributed by atoms with Crippen LogP contribution in [0.25, 0.3) is 31.3 Å². The van der Waals surface area contributed by atoms with Crippen molar-refractivity contribution in [2.75, 3.05) is 32.6 Å². The van der Waals surface area contributed by atoms with Crippen LogP contribution in [0.15, 0.2) is 63.0 Å². The number of hydrogen-bond acceptors (Lipinski definition) is 10. The summed E-state index contributed by atoms with van der Waals surface area (Å²) in [7, 11) is -8.83. The number of halogens is 1. The molecule has 2 N–H and O–H groups in total. The van der Waals surface area contributed by atoms with Crippen LogP contribution in [0.2, 0.25) is 0 Å². The molecule has 0 aliphatic rings. The molecule has 19 heteroatoms. The van der Waals surface area contributed by atoms with Gasteiger partial charge in [-0.1, -0.05) is 10.2 Å². The third-order valence-corrected chi connectivity index (χ3v) is 9.58. The van der Waals surface area contributed by atoms with Crippen molar-refractivity contribution in [1.29, 1.82) is 5.26 Å². The fourth-order valence-corrected chi connectivity index (χ4v) is 7.16. The van der Waals surface area contributed by atoms with Gasteiger partial charge in [-0.25, -0.2) is 17.4 Å². The second-order valence-corrected chi connectivity index (χ2v) is 13.2. The summed E-state index contributed by atoms with van der Waals surface area (Å²) in [5.41, 5.74) is 17.1. The average molecular weight is 651 g/mol. The number of benzene rings is 2. The molecule has 0 aliphatic heterocycles. The molecule has 43 heavy (non-hydrogen) atoms. The van der Waals surface area contributed by atoms with Crippen molar-refractivity contribution in [2.24, 2.45) is 10.2 Å². The van der Waals surface area contributed by atoms with E-state index in [2.05, 4.69) is 20.1 Å². The van der Waals surface area contributed by atoms with Gasteiger partial charge in [-0.15, -0.1) is 11.3 Å². The first-order chi connectivity index (χ1) is 20.6. The molecule has 226 valence electrons. The highest BCUT2D eigenvalue weighted by Gasteiger charge is 2.27. The molecule has 0 bridgehead atoms. The minimum Gasteiger partial charge on any atom is -0.490 e. The first-order valence-electron chi connectivity index (χ1n) is 12.3. The third-order valence-electron chi connectivity index (χ3n) is 5.28. The fraction of sp³-hybridized carbons (Fsp3) is 0.292. The number of rotatable bonds is 17. The summed E-state index contributed by atoms with van der Waals surface area (Å²) in [6.07, 6.45) is -0.0859. The van der Waals surface area contributed by atoms with Crippen LogP contribution in [0.3, 0.4) is 0 Å². The molecule has 0 amide bonds. The van der Waals surface area contributed by atoms with E-state index in [1.165, 1.54) is 6.07 Å². The van der Waals surface area contributed by atoms with Gasteiger partial charge >= 0.3 is 7.60 Å². The van der Waals surface area contributed by atoms with Gasteiger partial charge in [0, 0.05) is 33.9 Å². The molecule has 0 saturated heterocycles. The first-order valence-corrected chi connectivity index (χ1v) is 16.4. The maximum absolute atomic E-state index is 13.8. The second kappa shape index (κ2) is 15.8. The van der Waals surface area contributed by atoms with E-state index in [4.69, 9.17) is 30.3 Å². The first kappa shape index (κ1) is 33.2. The van der Waals surface area contributed by atoms with E-state index in [0.29, 0.717) is 34.8 Å². The van der Waals surface area contributed by atoms with Crippen LogP contribution in [0, 0.1) is 17.1 Å². The largest absolute Gasteiger partial charge is 0.490 e. The summed E-state index contributed by atoms with van der Waals surface area (Å²) in [5.74, 6) is -0.548. The molecule has 2 aromatic carbocycles. The van der Waals surface area contributed by atoms with Gasteiger partial charge in [-0.05, 0) is 71.9 Å². The minimum atomic E-state index is -4.59. The molecule has 1 aromatic heterocycles. The minimum absolute atomic E-state index is 0.151.